The first-order valence-electron chi connectivity index (χ1n) is 10.8. The molecule has 1 aromatic heterocycles. The van der Waals surface area contributed by atoms with Gasteiger partial charge in [-0.1, -0.05) is 62.9 Å². The Morgan fingerprint density at radius 3 is 2.47 bits per heavy atom. The molecule has 0 aliphatic carbocycles. The highest BCUT2D eigenvalue weighted by Gasteiger charge is 2.36. The monoisotopic (exact) mass is 488 g/mol. The maximum Gasteiger partial charge on any atom is 0.416 e. The minimum Gasteiger partial charge on any atom is -0.447 e. The van der Waals surface area contributed by atoms with Gasteiger partial charge in [0, 0.05) is 23.3 Å². The van der Waals surface area contributed by atoms with E-state index >= 15 is 0 Å². The van der Waals surface area contributed by atoms with Gasteiger partial charge in [-0.3, -0.25) is 9.69 Å². The lowest BCUT2D eigenvalue weighted by atomic mass is 10.1. The van der Waals surface area contributed by atoms with Crippen LogP contribution in [0.1, 0.15) is 44.5 Å². The summed E-state index contributed by atoms with van der Waals surface area (Å²) >= 11 is 1.43. The number of para-hydroxylation sites is 1. The van der Waals surface area contributed by atoms with E-state index in [2.05, 4.69) is 29.0 Å². The molecule has 2 heterocycles. The van der Waals surface area contributed by atoms with E-state index in [1.54, 1.807) is 31.2 Å². The first-order chi connectivity index (χ1) is 16.2. The number of thioether (sulfide) groups is 1. The number of halogens is 3. The number of fused-ring (bicyclic) bond motifs is 3. The summed E-state index contributed by atoms with van der Waals surface area (Å²) in [5.74, 6) is 1.10. The fourth-order valence-corrected chi connectivity index (χ4v) is 4.24. The molecule has 0 N–H and O–H groups in total. The predicted octanol–water partition coefficient (Wildman–Crippen LogP) is 6.14. The van der Waals surface area contributed by atoms with Crippen LogP contribution < -0.4 is 9.64 Å². The second-order valence-corrected chi connectivity index (χ2v) is 9.16. The van der Waals surface area contributed by atoms with Crippen molar-refractivity contribution in [2.24, 2.45) is 5.92 Å². The van der Waals surface area contributed by atoms with Gasteiger partial charge >= 0.3 is 6.18 Å². The predicted molar refractivity (Wildman–Crippen MR) is 123 cm³/mol. The first-order valence-corrected chi connectivity index (χ1v) is 11.8. The van der Waals surface area contributed by atoms with Crippen LogP contribution >= 0.6 is 11.8 Å². The SMILES string of the molecule is CCC(=O)N1c2ccccc2-c2nnc(SCC(C)C)nc2O[C@H]1c1ccc(C(F)(F)F)cc1. The Kier molecular flexibility index (Phi) is 6.79. The van der Waals surface area contributed by atoms with Crippen molar-refractivity contribution in [1.29, 1.82) is 0 Å². The van der Waals surface area contributed by atoms with Crippen LogP contribution in [0.3, 0.4) is 0 Å². The summed E-state index contributed by atoms with van der Waals surface area (Å²) < 4.78 is 45.6. The van der Waals surface area contributed by atoms with Gasteiger partial charge in [0.1, 0.15) is 0 Å². The number of alkyl halides is 3. The summed E-state index contributed by atoms with van der Waals surface area (Å²) in [6, 6.07) is 11.7. The first kappa shape index (κ1) is 24.0. The van der Waals surface area contributed by atoms with Gasteiger partial charge in [0.25, 0.3) is 0 Å². The van der Waals surface area contributed by atoms with Crippen LogP contribution in [-0.4, -0.2) is 26.8 Å². The zero-order valence-electron chi connectivity index (χ0n) is 18.8. The molecule has 0 spiro atoms. The number of anilines is 1. The van der Waals surface area contributed by atoms with Crippen LogP contribution in [0.4, 0.5) is 18.9 Å². The van der Waals surface area contributed by atoms with E-state index in [-0.39, 0.29) is 18.2 Å². The molecule has 4 rings (SSSR count). The lowest BCUT2D eigenvalue weighted by Crippen LogP contribution is -2.37. The van der Waals surface area contributed by atoms with Gasteiger partial charge in [0.2, 0.25) is 23.2 Å². The van der Waals surface area contributed by atoms with E-state index in [0.29, 0.717) is 33.6 Å². The van der Waals surface area contributed by atoms with E-state index < -0.39 is 18.0 Å². The van der Waals surface area contributed by atoms with Crippen LogP contribution in [0.15, 0.2) is 53.7 Å². The molecule has 6 nitrogen and oxygen atoms in total. The maximum atomic E-state index is 13.1. The van der Waals surface area contributed by atoms with E-state index in [9.17, 15) is 18.0 Å². The lowest BCUT2D eigenvalue weighted by molar-refractivity contribution is -0.137. The number of benzene rings is 2. The molecule has 178 valence electrons. The van der Waals surface area contributed by atoms with Crippen molar-refractivity contribution in [2.45, 2.75) is 44.8 Å². The fraction of sp³-hybridized carbons (Fsp3) is 0.333. The molecule has 0 bridgehead atoms. The normalized spacial score (nSPS) is 15.4. The Morgan fingerprint density at radius 1 is 1.12 bits per heavy atom. The Labute approximate surface area is 199 Å². The fourth-order valence-electron chi connectivity index (χ4n) is 3.51. The van der Waals surface area contributed by atoms with Crippen molar-refractivity contribution in [2.75, 3.05) is 10.7 Å². The number of hydrogen-bond donors (Lipinski definition) is 0. The highest BCUT2D eigenvalue weighted by Crippen LogP contribution is 2.44. The zero-order chi connectivity index (χ0) is 24.5. The zero-order valence-corrected chi connectivity index (χ0v) is 19.7. The standard InChI is InChI=1S/C24H23F3N4O2S/c1-4-19(32)31-18-8-6-5-7-17(18)20-21(28-23(30-29-20)34-13-14(2)3)33-22(31)15-9-11-16(12-10-15)24(25,26)27/h5-12,14,22H,4,13H2,1-3H3/t22-/m0/s1. The topological polar surface area (TPSA) is 68.2 Å². The van der Waals surface area contributed by atoms with Gasteiger partial charge in [0.05, 0.1) is 11.3 Å². The Morgan fingerprint density at radius 2 is 1.82 bits per heavy atom. The number of amides is 1. The molecule has 0 unspecified atom stereocenters. The van der Waals surface area contributed by atoms with Crippen LogP contribution in [-0.2, 0) is 11.0 Å². The number of carbonyl (C=O) groups is 1. The molecule has 1 aliphatic rings. The Hall–Kier alpha value is -3.14. The molecule has 0 saturated carbocycles. The minimum atomic E-state index is -4.47. The lowest BCUT2D eigenvalue weighted by Gasteiger charge is -2.30. The Bertz CT molecular complexity index is 1190. The molecule has 3 aromatic rings. The van der Waals surface area contributed by atoms with E-state index in [4.69, 9.17) is 4.74 Å². The van der Waals surface area contributed by atoms with Gasteiger partial charge < -0.3 is 4.74 Å². The summed E-state index contributed by atoms with van der Waals surface area (Å²) in [5, 5.41) is 8.99. The van der Waals surface area contributed by atoms with Gasteiger partial charge in [-0.15, -0.1) is 10.2 Å². The van der Waals surface area contributed by atoms with Crippen molar-refractivity contribution in [3.63, 3.8) is 0 Å². The van der Waals surface area contributed by atoms with Crippen LogP contribution in [0.5, 0.6) is 5.88 Å². The number of ether oxygens (including phenoxy) is 1. The minimum absolute atomic E-state index is 0.166. The third-order valence-electron chi connectivity index (χ3n) is 5.15. The summed E-state index contributed by atoms with van der Waals surface area (Å²) in [6.07, 6.45) is -5.34. The molecule has 1 amide bonds. The van der Waals surface area contributed by atoms with Crippen LogP contribution in [0, 0.1) is 5.92 Å². The third kappa shape index (κ3) is 4.86. The van der Waals surface area contributed by atoms with Gasteiger partial charge in [0.15, 0.2) is 5.69 Å². The number of aromatic nitrogens is 3. The van der Waals surface area contributed by atoms with E-state index in [0.717, 1.165) is 17.9 Å². The second kappa shape index (κ2) is 9.61. The van der Waals surface area contributed by atoms with Gasteiger partial charge in [-0.25, -0.2) is 0 Å². The smallest absolute Gasteiger partial charge is 0.416 e. The van der Waals surface area contributed by atoms with Crippen molar-refractivity contribution in [1.82, 2.24) is 15.2 Å². The molecule has 0 radical (unpaired) electrons. The summed E-state index contributed by atoms with van der Waals surface area (Å²) in [7, 11) is 0. The average Bonchev–Trinajstić information content (AvgIpc) is 2.96. The molecule has 34 heavy (non-hydrogen) atoms. The van der Waals surface area contributed by atoms with E-state index in [1.165, 1.54) is 28.8 Å². The summed E-state index contributed by atoms with van der Waals surface area (Å²) in [5.41, 5.74) is 1.10. The molecule has 0 saturated heterocycles. The molecular weight excluding hydrogens is 465 g/mol. The molecule has 0 fully saturated rings. The highest BCUT2D eigenvalue weighted by atomic mass is 32.2. The highest BCUT2D eigenvalue weighted by molar-refractivity contribution is 7.99. The molecule has 10 heteroatoms. The molecule has 1 aliphatic heterocycles. The van der Waals surface area contributed by atoms with Crippen molar-refractivity contribution in [3.05, 3.63) is 59.7 Å². The number of carbonyl (C=O) groups excluding carboxylic acids is 1. The number of nitrogens with zero attached hydrogens (tertiary/aromatic N) is 4. The van der Waals surface area contributed by atoms with Crippen molar-refractivity contribution >= 4 is 23.4 Å². The molecule has 1 atom stereocenters. The quantitative estimate of drug-likeness (QED) is 0.402. The average molecular weight is 489 g/mol. The second-order valence-electron chi connectivity index (χ2n) is 8.18. The molecular formula is C24H23F3N4O2S. The largest absolute Gasteiger partial charge is 0.447 e. The van der Waals surface area contributed by atoms with E-state index in [1.807, 2.05) is 0 Å². The third-order valence-corrected chi connectivity index (χ3v) is 6.42. The number of rotatable bonds is 5. The summed E-state index contributed by atoms with van der Waals surface area (Å²) in [6.45, 7) is 5.86. The Balaban J connectivity index is 1.85. The van der Waals surface area contributed by atoms with Crippen molar-refractivity contribution < 1.29 is 22.7 Å². The van der Waals surface area contributed by atoms with Gasteiger partial charge in [-0.2, -0.15) is 18.2 Å². The number of hydrogen-bond acceptors (Lipinski definition) is 6. The van der Waals surface area contributed by atoms with Crippen LogP contribution in [0.25, 0.3) is 11.3 Å². The maximum absolute atomic E-state index is 13.1. The summed E-state index contributed by atoms with van der Waals surface area (Å²) in [4.78, 5) is 19.1. The van der Waals surface area contributed by atoms with Crippen LogP contribution in [0.2, 0.25) is 0 Å². The molecule has 2 aromatic carbocycles. The van der Waals surface area contributed by atoms with Crippen molar-refractivity contribution in [3.8, 4) is 17.1 Å². The van der Waals surface area contributed by atoms with Gasteiger partial charge in [-0.05, 0) is 24.1 Å².